The lowest BCUT2D eigenvalue weighted by Crippen LogP contribution is -2.35. The average molecular weight is 304 g/mol. The van der Waals surface area contributed by atoms with E-state index in [1.54, 1.807) is 35.9 Å². The van der Waals surface area contributed by atoms with Crippen LogP contribution in [0.5, 0.6) is 0 Å². The van der Waals surface area contributed by atoms with E-state index >= 15 is 0 Å². The zero-order valence-corrected chi connectivity index (χ0v) is 13.3. The molecule has 0 aliphatic carbocycles. The monoisotopic (exact) mass is 304 g/mol. The molecule has 0 saturated carbocycles. The molecule has 1 aromatic carbocycles. The molecule has 1 N–H and O–H groups in total. The molecule has 22 heavy (non-hydrogen) atoms. The Morgan fingerprint density at radius 1 is 1.36 bits per heavy atom. The van der Waals surface area contributed by atoms with Crippen molar-refractivity contribution in [3.05, 3.63) is 53.1 Å². The number of halogens is 1. The fourth-order valence-electron chi connectivity index (χ4n) is 2.59. The van der Waals surface area contributed by atoms with Gasteiger partial charge in [-0.15, -0.1) is 0 Å². The summed E-state index contributed by atoms with van der Waals surface area (Å²) in [6, 6.07) is 8.22. The first kappa shape index (κ1) is 16.2. The summed E-state index contributed by atoms with van der Waals surface area (Å²) in [5.74, 6) is -0.496. The number of aromatic nitrogens is 1. The molecular formula is C17H21FN2O2. The van der Waals surface area contributed by atoms with E-state index in [1.807, 2.05) is 20.8 Å². The highest BCUT2D eigenvalue weighted by molar-refractivity contribution is 5.96. The molecule has 0 fully saturated rings. The maximum atomic E-state index is 14.0. The number of para-hydroxylation sites is 1. The first-order chi connectivity index (χ1) is 10.5. The number of nitrogens with one attached hydrogen (secondary N) is 1. The van der Waals surface area contributed by atoms with E-state index in [-0.39, 0.29) is 17.8 Å². The number of hydrogen-bond donors (Lipinski definition) is 1. The van der Waals surface area contributed by atoms with E-state index < -0.39 is 0 Å². The van der Waals surface area contributed by atoms with Gasteiger partial charge < -0.3 is 14.6 Å². The van der Waals surface area contributed by atoms with Crippen molar-refractivity contribution in [3.63, 3.8) is 0 Å². The van der Waals surface area contributed by atoms with Gasteiger partial charge in [0.05, 0.1) is 17.9 Å². The first-order valence-corrected chi connectivity index (χ1v) is 7.19. The highest BCUT2D eigenvalue weighted by Crippen LogP contribution is 2.22. The Balaban J connectivity index is 2.36. The third-order valence-corrected chi connectivity index (χ3v) is 3.56. The van der Waals surface area contributed by atoms with E-state index in [9.17, 15) is 9.18 Å². The lowest BCUT2D eigenvalue weighted by atomic mass is 10.2. The Morgan fingerprint density at radius 3 is 2.68 bits per heavy atom. The number of rotatable bonds is 5. The second kappa shape index (κ2) is 6.75. The van der Waals surface area contributed by atoms with Gasteiger partial charge in [-0.2, -0.15) is 0 Å². The van der Waals surface area contributed by atoms with Crippen LogP contribution in [0.3, 0.4) is 0 Å². The Bertz CT molecular complexity index is 679. The maximum Gasteiger partial charge on any atom is 0.253 e. The van der Waals surface area contributed by atoms with E-state index in [4.69, 9.17) is 4.74 Å². The number of aryl methyl sites for hydroxylation is 1. The van der Waals surface area contributed by atoms with Crippen LogP contribution < -0.4 is 5.32 Å². The molecule has 2 aromatic rings. The van der Waals surface area contributed by atoms with Crippen LogP contribution in [0, 0.1) is 19.7 Å². The van der Waals surface area contributed by atoms with Crippen molar-refractivity contribution in [1.82, 2.24) is 9.88 Å². The SMILES string of the molecule is COCC(C)NC(=O)c1cc(C)n(-c2ccccc2F)c1C. The standard InChI is InChI=1S/C17H21FN2O2/c1-11(10-22-4)19-17(21)14-9-12(2)20(13(14)3)16-8-6-5-7-15(16)18/h5-9,11H,10H2,1-4H3,(H,19,21). The second-order valence-corrected chi connectivity index (χ2v) is 5.40. The van der Waals surface area contributed by atoms with Gasteiger partial charge in [-0.1, -0.05) is 12.1 Å². The van der Waals surface area contributed by atoms with E-state index in [1.165, 1.54) is 6.07 Å². The zero-order valence-electron chi connectivity index (χ0n) is 13.3. The third kappa shape index (κ3) is 3.20. The summed E-state index contributed by atoms with van der Waals surface area (Å²) < 4.78 is 20.8. The molecule has 1 amide bonds. The Kier molecular flexibility index (Phi) is 4.98. The Labute approximate surface area is 129 Å². The summed E-state index contributed by atoms with van der Waals surface area (Å²) in [4.78, 5) is 12.4. The summed E-state index contributed by atoms with van der Waals surface area (Å²) in [6.45, 7) is 5.99. The molecule has 1 heterocycles. The highest BCUT2D eigenvalue weighted by atomic mass is 19.1. The summed E-state index contributed by atoms with van der Waals surface area (Å²) in [5, 5.41) is 2.87. The zero-order chi connectivity index (χ0) is 16.3. The molecule has 0 spiro atoms. The predicted octanol–water partition coefficient (Wildman–Crippen LogP) is 3.00. The van der Waals surface area contributed by atoms with Gasteiger partial charge in [-0.25, -0.2) is 4.39 Å². The minimum atomic E-state index is -0.316. The number of nitrogens with zero attached hydrogens (tertiary/aromatic N) is 1. The molecule has 1 atom stereocenters. The lowest BCUT2D eigenvalue weighted by molar-refractivity contribution is 0.0905. The number of carbonyl (C=O) groups is 1. The Morgan fingerprint density at radius 2 is 2.05 bits per heavy atom. The van der Waals surface area contributed by atoms with Crippen molar-refractivity contribution in [1.29, 1.82) is 0 Å². The molecule has 0 bridgehead atoms. The molecule has 5 heteroatoms. The van der Waals surface area contributed by atoms with Gasteiger partial charge in [0.1, 0.15) is 5.82 Å². The van der Waals surface area contributed by atoms with Crippen LogP contribution in [-0.4, -0.2) is 30.2 Å². The largest absolute Gasteiger partial charge is 0.383 e. The smallest absolute Gasteiger partial charge is 0.253 e. The average Bonchev–Trinajstić information content (AvgIpc) is 2.75. The summed E-state index contributed by atoms with van der Waals surface area (Å²) in [5.41, 5.74) is 2.52. The summed E-state index contributed by atoms with van der Waals surface area (Å²) >= 11 is 0. The molecular weight excluding hydrogens is 283 g/mol. The molecule has 1 unspecified atom stereocenters. The molecule has 0 aliphatic heterocycles. The van der Waals surface area contributed by atoms with Crippen molar-refractivity contribution in [2.45, 2.75) is 26.8 Å². The molecule has 0 radical (unpaired) electrons. The van der Waals surface area contributed by atoms with Crippen LogP contribution in [0.15, 0.2) is 30.3 Å². The number of methoxy groups -OCH3 is 1. The number of benzene rings is 1. The van der Waals surface area contributed by atoms with Gasteiger partial charge in [0.25, 0.3) is 5.91 Å². The molecule has 4 nitrogen and oxygen atoms in total. The first-order valence-electron chi connectivity index (χ1n) is 7.19. The van der Waals surface area contributed by atoms with E-state index in [0.29, 0.717) is 23.6 Å². The highest BCUT2D eigenvalue weighted by Gasteiger charge is 2.19. The van der Waals surface area contributed by atoms with Gasteiger partial charge in [0.2, 0.25) is 0 Å². The van der Waals surface area contributed by atoms with Crippen molar-refractivity contribution < 1.29 is 13.9 Å². The maximum absolute atomic E-state index is 14.0. The minimum absolute atomic E-state index is 0.0889. The summed E-state index contributed by atoms with van der Waals surface area (Å²) in [7, 11) is 1.59. The van der Waals surface area contributed by atoms with Gasteiger partial charge in [0.15, 0.2) is 0 Å². The van der Waals surface area contributed by atoms with E-state index in [0.717, 1.165) is 5.69 Å². The lowest BCUT2D eigenvalue weighted by Gasteiger charge is -2.13. The van der Waals surface area contributed by atoms with E-state index in [2.05, 4.69) is 5.32 Å². The normalized spacial score (nSPS) is 12.2. The van der Waals surface area contributed by atoms with Gasteiger partial charge in [-0.05, 0) is 39.0 Å². The molecule has 1 aromatic heterocycles. The topological polar surface area (TPSA) is 43.3 Å². The number of amides is 1. The van der Waals surface area contributed by atoms with Crippen LogP contribution in [0.25, 0.3) is 5.69 Å². The van der Waals surface area contributed by atoms with Crippen LogP contribution in [-0.2, 0) is 4.74 Å². The quantitative estimate of drug-likeness (QED) is 0.923. The van der Waals surface area contributed by atoms with Crippen molar-refractivity contribution in [2.75, 3.05) is 13.7 Å². The minimum Gasteiger partial charge on any atom is -0.383 e. The molecule has 0 aliphatic rings. The van der Waals surface area contributed by atoms with Crippen LogP contribution in [0.2, 0.25) is 0 Å². The summed E-state index contributed by atoms with van der Waals surface area (Å²) in [6.07, 6.45) is 0. The van der Waals surface area contributed by atoms with Crippen LogP contribution >= 0.6 is 0 Å². The van der Waals surface area contributed by atoms with Crippen molar-refractivity contribution in [3.8, 4) is 5.69 Å². The van der Waals surface area contributed by atoms with Gasteiger partial charge in [0, 0.05) is 24.5 Å². The number of carbonyl (C=O) groups excluding carboxylic acids is 1. The van der Waals surface area contributed by atoms with Crippen molar-refractivity contribution in [2.24, 2.45) is 0 Å². The van der Waals surface area contributed by atoms with Crippen molar-refractivity contribution >= 4 is 5.91 Å². The predicted molar refractivity (Wildman–Crippen MR) is 84.0 cm³/mol. The molecule has 2 rings (SSSR count). The Hall–Kier alpha value is -2.14. The molecule has 0 saturated heterocycles. The third-order valence-electron chi connectivity index (χ3n) is 3.56. The van der Waals surface area contributed by atoms with Crippen LogP contribution in [0.1, 0.15) is 28.7 Å². The fourth-order valence-corrected chi connectivity index (χ4v) is 2.59. The van der Waals surface area contributed by atoms with Crippen LogP contribution in [0.4, 0.5) is 4.39 Å². The fraction of sp³-hybridized carbons (Fsp3) is 0.353. The number of ether oxygens (including phenoxy) is 1. The van der Waals surface area contributed by atoms with Gasteiger partial charge in [-0.3, -0.25) is 4.79 Å². The number of hydrogen-bond acceptors (Lipinski definition) is 2. The second-order valence-electron chi connectivity index (χ2n) is 5.40. The molecule has 118 valence electrons. The van der Waals surface area contributed by atoms with Gasteiger partial charge >= 0.3 is 0 Å².